The summed E-state index contributed by atoms with van der Waals surface area (Å²) >= 11 is 0. The van der Waals surface area contributed by atoms with Gasteiger partial charge in [-0.25, -0.2) is 0 Å². The summed E-state index contributed by atoms with van der Waals surface area (Å²) in [5.41, 5.74) is 3.82. The van der Waals surface area contributed by atoms with Crippen molar-refractivity contribution in [2.45, 2.75) is 52.5 Å². The largest absolute Gasteiger partial charge is 0.357 e. The maximum absolute atomic E-state index is 4.70. The van der Waals surface area contributed by atoms with Crippen LogP contribution in [0.1, 0.15) is 43.5 Å². The van der Waals surface area contributed by atoms with Gasteiger partial charge < -0.3 is 10.6 Å². The number of nitrogens with one attached hydrogen (secondary N) is 3. The van der Waals surface area contributed by atoms with Gasteiger partial charge in [0.05, 0.1) is 6.20 Å². The lowest BCUT2D eigenvalue weighted by molar-refractivity contribution is 0.593. The molecule has 0 saturated heterocycles. The van der Waals surface area contributed by atoms with Crippen molar-refractivity contribution in [3.05, 3.63) is 53.3 Å². The first kappa shape index (κ1) is 19.0. The van der Waals surface area contributed by atoms with Crippen molar-refractivity contribution >= 4 is 5.96 Å². The number of benzene rings is 1. The van der Waals surface area contributed by atoms with Gasteiger partial charge >= 0.3 is 0 Å². The quantitative estimate of drug-likeness (QED) is 0.373. The Morgan fingerprint density at radius 2 is 2.04 bits per heavy atom. The molecule has 0 amide bonds. The second-order valence-corrected chi connectivity index (χ2v) is 6.45. The summed E-state index contributed by atoms with van der Waals surface area (Å²) in [6.07, 6.45) is 6.11. The molecular weight excluding hydrogens is 310 g/mol. The molecule has 1 unspecified atom stereocenters. The van der Waals surface area contributed by atoms with Crippen molar-refractivity contribution in [3.63, 3.8) is 0 Å². The maximum atomic E-state index is 4.70. The van der Waals surface area contributed by atoms with Crippen LogP contribution in [0.25, 0.3) is 0 Å². The molecule has 136 valence electrons. The van der Waals surface area contributed by atoms with E-state index in [0.717, 1.165) is 50.4 Å². The predicted octanol–water partition coefficient (Wildman–Crippen LogP) is 3.23. The van der Waals surface area contributed by atoms with Crippen LogP contribution >= 0.6 is 0 Å². The van der Waals surface area contributed by atoms with Crippen LogP contribution in [-0.2, 0) is 12.8 Å². The summed E-state index contributed by atoms with van der Waals surface area (Å²) in [4.78, 5) is 4.70. The van der Waals surface area contributed by atoms with E-state index >= 15 is 0 Å². The van der Waals surface area contributed by atoms with Gasteiger partial charge in [0.2, 0.25) is 0 Å². The number of hydrogen-bond acceptors (Lipinski definition) is 2. The van der Waals surface area contributed by atoms with Gasteiger partial charge in [-0.05, 0) is 57.6 Å². The first-order chi connectivity index (χ1) is 12.2. The molecule has 0 spiro atoms. The third-order valence-electron chi connectivity index (χ3n) is 4.24. The van der Waals surface area contributed by atoms with Crippen molar-refractivity contribution in [3.8, 4) is 0 Å². The van der Waals surface area contributed by atoms with Gasteiger partial charge in [-0.2, -0.15) is 5.10 Å². The first-order valence-corrected chi connectivity index (χ1v) is 9.26. The number of nitrogens with zero attached hydrogens (tertiary/aromatic N) is 2. The lowest BCUT2D eigenvalue weighted by Gasteiger charge is -2.18. The smallest absolute Gasteiger partial charge is 0.191 e. The van der Waals surface area contributed by atoms with E-state index in [1.807, 2.05) is 6.20 Å². The van der Waals surface area contributed by atoms with Crippen molar-refractivity contribution < 1.29 is 0 Å². The van der Waals surface area contributed by atoms with E-state index < -0.39 is 0 Å². The zero-order chi connectivity index (χ0) is 17.9. The maximum Gasteiger partial charge on any atom is 0.191 e. The highest BCUT2D eigenvalue weighted by Crippen LogP contribution is 2.06. The summed E-state index contributed by atoms with van der Waals surface area (Å²) in [7, 11) is 0. The highest BCUT2D eigenvalue weighted by atomic mass is 15.2. The molecule has 1 aromatic carbocycles. The molecule has 1 heterocycles. The summed E-state index contributed by atoms with van der Waals surface area (Å²) < 4.78 is 0. The van der Waals surface area contributed by atoms with Gasteiger partial charge in [-0.15, -0.1) is 0 Å². The Hall–Kier alpha value is -2.30. The SMILES string of the molecule is CCNC(=NCCCc1cn[nH]c1C)NC(C)CCc1ccccc1. The molecule has 0 saturated carbocycles. The Labute approximate surface area is 151 Å². The van der Waals surface area contributed by atoms with E-state index in [1.54, 1.807) is 0 Å². The molecule has 0 bridgehead atoms. The van der Waals surface area contributed by atoms with Crippen LogP contribution in [0.3, 0.4) is 0 Å². The van der Waals surface area contributed by atoms with Gasteiger partial charge in [0.1, 0.15) is 0 Å². The van der Waals surface area contributed by atoms with E-state index in [-0.39, 0.29) is 0 Å². The fourth-order valence-electron chi connectivity index (χ4n) is 2.74. The van der Waals surface area contributed by atoms with E-state index in [4.69, 9.17) is 4.99 Å². The van der Waals surface area contributed by atoms with Gasteiger partial charge in [-0.3, -0.25) is 10.1 Å². The summed E-state index contributed by atoms with van der Waals surface area (Å²) in [5, 5.41) is 13.9. The average Bonchev–Trinajstić information content (AvgIpc) is 3.03. The van der Waals surface area contributed by atoms with Crippen molar-refractivity contribution in [1.82, 2.24) is 20.8 Å². The zero-order valence-corrected chi connectivity index (χ0v) is 15.7. The van der Waals surface area contributed by atoms with Crippen LogP contribution in [0.15, 0.2) is 41.5 Å². The molecule has 1 atom stereocenters. The highest BCUT2D eigenvalue weighted by molar-refractivity contribution is 5.80. The number of aryl methyl sites for hydroxylation is 3. The first-order valence-electron chi connectivity index (χ1n) is 9.26. The topological polar surface area (TPSA) is 65.1 Å². The molecule has 0 aliphatic heterocycles. The van der Waals surface area contributed by atoms with Crippen molar-refractivity contribution in [2.24, 2.45) is 4.99 Å². The van der Waals surface area contributed by atoms with E-state index in [1.165, 1.54) is 11.1 Å². The Bertz CT molecular complexity index is 633. The molecule has 25 heavy (non-hydrogen) atoms. The molecule has 5 nitrogen and oxygen atoms in total. The van der Waals surface area contributed by atoms with Crippen LogP contribution in [0.2, 0.25) is 0 Å². The zero-order valence-electron chi connectivity index (χ0n) is 15.7. The molecular formula is C20H31N5. The third-order valence-corrected chi connectivity index (χ3v) is 4.24. The van der Waals surface area contributed by atoms with Crippen LogP contribution < -0.4 is 10.6 Å². The van der Waals surface area contributed by atoms with Gasteiger partial charge in [0, 0.05) is 24.8 Å². The summed E-state index contributed by atoms with van der Waals surface area (Å²) in [5.74, 6) is 0.909. The Kier molecular flexibility index (Phi) is 8.02. The Balaban J connectivity index is 1.75. The van der Waals surface area contributed by atoms with Crippen molar-refractivity contribution in [1.29, 1.82) is 0 Å². The average molecular weight is 342 g/mol. The molecule has 2 rings (SSSR count). The van der Waals surface area contributed by atoms with E-state index in [9.17, 15) is 0 Å². The number of hydrogen-bond donors (Lipinski definition) is 3. The number of aromatic amines is 1. The second-order valence-electron chi connectivity index (χ2n) is 6.45. The van der Waals surface area contributed by atoms with Crippen LogP contribution in [-0.4, -0.2) is 35.3 Å². The minimum absolute atomic E-state index is 0.383. The van der Waals surface area contributed by atoms with Crippen molar-refractivity contribution in [2.75, 3.05) is 13.1 Å². The summed E-state index contributed by atoms with van der Waals surface area (Å²) in [6, 6.07) is 11.0. The minimum atomic E-state index is 0.383. The molecule has 0 aliphatic rings. The van der Waals surface area contributed by atoms with Gasteiger partial charge in [0.25, 0.3) is 0 Å². The third kappa shape index (κ3) is 6.99. The Morgan fingerprint density at radius 3 is 2.72 bits per heavy atom. The lowest BCUT2D eigenvalue weighted by Crippen LogP contribution is -2.42. The number of guanidine groups is 1. The van der Waals surface area contributed by atoms with Gasteiger partial charge in [0.15, 0.2) is 5.96 Å². The normalized spacial score (nSPS) is 12.8. The fraction of sp³-hybridized carbons (Fsp3) is 0.500. The van der Waals surface area contributed by atoms with Crippen LogP contribution in [0.5, 0.6) is 0 Å². The van der Waals surface area contributed by atoms with E-state index in [2.05, 4.69) is 71.9 Å². The predicted molar refractivity (Wildman–Crippen MR) is 105 cm³/mol. The minimum Gasteiger partial charge on any atom is -0.357 e. The molecule has 0 radical (unpaired) electrons. The van der Waals surface area contributed by atoms with Crippen LogP contribution in [0.4, 0.5) is 0 Å². The standard InChI is InChI=1S/C20H31N5/c1-4-21-20(22-14-8-11-19-15-23-25-17(19)3)24-16(2)12-13-18-9-6-5-7-10-18/h5-7,9-10,15-16H,4,8,11-14H2,1-3H3,(H,23,25)(H2,21,22,24). The molecule has 5 heteroatoms. The molecule has 3 N–H and O–H groups in total. The second kappa shape index (κ2) is 10.5. The number of aromatic nitrogens is 2. The molecule has 1 aromatic heterocycles. The number of H-pyrrole nitrogens is 1. The number of rotatable bonds is 9. The Morgan fingerprint density at radius 1 is 1.24 bits per heavy atom. The lowest BCUT2D eigenvalue weighted by atomic mass is 10.1. The highest BCUT2D eigenvalue weighted by Gasteiger charge is 2.06. The molecule has 0 fully saturated rings. The van der Waals surface area contributed by atoms with Crippen LogP contribution in [0, 0.1) is 6.92 Å². The molecule has 2 aromatic rings. The monoisotopic (exact) mass is 341 g/mol. The van der Waals surface area contributed by atoms with E-state index in [0.29, 0.717) is 6.04 Å². The van der Waals surface area contributed by atoms with Gasteiger partial charge in [-0.1, -0.05) is 30.3 Å². The molecule has 0 aliphatic carbocycles. The fourth-order valence-corrected chi connectivity index (χ4v) is 2.74. The number of aliphatic imine (C=N–C) groups is 1. The summed E-state index contributed by atoms with van der Waals surface area (Å²) in [6.45, 7) is 8.06.